The average molecular weight is 245 g/mol. The van der Waals surface area contributed by atoms with E-state index in [-0.39, 0.29) is 0 Å². The van der Waals surface area contributed by atoms with Crippen LogP contribution < -0.4 is 0 Å². The summed E-state index contributed by atoms with van der Waals surface area (Å²) >= 11 is 0. The highest BCUT2D eigenvalue weighted by molar-refractivity contribution is 5.07. The summed E-state index contributed by atoms with van der Waals surface area (Å²) in [6.07, 6.45) is 8.22. The van der Waals surface area contributed by atoms with Gasteiger partial charge in [0.05, 0.1) is 18.3 Å². The van der Waals surface area contributed by atoms with Crippen molar-refractivity contribution in [1.29, 1.82) is 0 Å². The summed E-state index contributed by atoms with van der Waals surface area (Å²) in [5, 5.41) is 7.16. The molecular formula is C13H19N5. The minimum atomic E-state index is 0.467. The number of rotatable bonds is 4. The molecule has 0 amide bonds. The third-order valence-corrected chi connectivity index (χ3v) is 3.73. The monoisotopic (exact) mass is 245 g/mol. The molecule has 1 fully saturated rings. The van der Waals surface area contributed by atoms with Gasteiger partial charge in [-0.1, -0.05) is 0 Å². The Kier molecular flexibility index (Phi) is 3.15. The SMILES string of the molecule is CCn1ccnc1CN1CCCC1c1ccn[nH]1. The fraction of sp³-hybridized carbons (Fsp3) is 0.538. The summed E-state index contributed by atoms with van der Waals surface area (Å²) in [4.78, 5) is 6.95. The minimum Gasteiger partial charge on any atom is -0.334 e. The normalized spacial score (nSPS) is 20.6. The van der Waals surface area contributed by atoms with Gasteiger partial charge in [0.1, 0.15) is 5.82 Å². The van der Waals surface area contributed by atoms with Crippen LogP contribution in [-0.2, 0) is 13.1 Å². The second-order valence-electron chi connectivity index (χ2n) is 4.77. The highest BCUT2D eigenvalue weighted by atomic mass is 15.2. The summed E-state index contributed by atoms with van der Waals surface area (Å²) in [6, 6.07) is 2.55. The Morgan fingerprint density at radius 2 is 2.39 bits per heavy atom. The van der Waals surface area contributed by atoms with Crippen LogP contribution in [0.1, 0.15) is 37.3 Å². The largest absolute Gasteiger partial charge is 0.334 e. The van der Waals surface area contributed by atoms with Crippen molar-refractivity contribution in [1.82, 2.24) is 24.6 Å². The number of likely N-dealkylation sites (tertiary alicyclic amines) is 1. The molecular weight excluding hydrogens is 226 g/mol. The van der Waals surface area contributed by atoms with Crippen LogP contribution in [0, 0.1) is 0 Å². The van der Waals surface area contributed by atoms with Crippen LogP contribution >= 0.6 is 0 Å². The summed E-state index contributed by atoms with van der Waals surface area (Å²) in [6.45, 7) is 5.20. The molecule has 5 heteroatoms. The second kappa shape index (κ2) is 4.94. The molecule has 1 aliphatic rings. The van der Waals surface area contributed by atoms with E-state index in [1.165, 1.54) is 18.5 Å². The van der Waals surface area contributed by atoms with E-state index in [0.717, 1.165) is 25.5 Å². The molecule has 3 heterocycles. The first-order valence-corrected chi connectivity index (χ1v) is 6.62. The van der Waals surface area contributed by atoms with Crippen LogP contribution in [0.25, 0.3) is 0 Å². The molecule has 0 radical (unpaired) electrons. The number of nitrogens with zero attached hydrogens (tertiary/aromatic N) is 4. The van der Waals surface area contributed by atoms with Crippen LogP contribution in [0.3, 0.4) is 0 Å². The van der Waals surface area contributed by atoms with Gasteiger partial charge in [-0.3, -0.25) is 10.00 Å². The van der Waals surface area contributed by atoms with Crippen molar-refractivity contribution in [2.24, 2.45) is 0 Å². The highest BCUT2D eigenvalue weighted by Gasteiger charge is 2.27. The molecule has 1 N–H and O–H groups in total. The van der Waals surface area contributed by atoms with Gasteiger partial charge in [0, 0.05) is 25.1 Å². The van der Waals surface area contributed by atoms with Gasteiger partial charge in [-0.15, -0.1) is 0 Å². The quantitative estimate of drug-likeness (QED) is 0.896. The van der Waals surface area contributed by atoms with Gasteiger partial charge < -0.3 is 4.57 Å². The van der Waals surface area contributed by atoms with Crippen LogP contribution in [0.2, 0.25) is 0 Å². The smallest absolute Gasteiger partial charge is 0.122 e. The fourth-order valence-electron chi connectivity index (χ4n) is 2.78. The van der Waals surface area contributed by atoms with Gasteiger partial charge in [0.25, 0.3) is 0 Å². The summed E-state index contributed by atoms with van der Waals surface area (Å²) in [5.41, 5.74) is 1.22. The molecule has 96 valence electrons. The minimum absolute atomic E-state index is 0.467. The molecule has 0 bridgehead atoms. The van der Waals surface area contributed by atoms with Crippen molar-refractivity contribution in [3.05, 3.63) is 36.2 Å². The Bertz CT molecular complexity index is 487. The van der Waals surface area contributed by atoms with Gasteiger partial charge >= 0.3 is 0 Å². The lowest BCUT2D eigenvalue weighted by molar-refractivity contribution is 0.235. The highest BCUT2D eigenvalue weighted by Crippen LogP contribution is 2.31. The van der Waals surface area contributed by atoms with Gasteiger partial charge in [-0.05, 0) is 32.4 Å². The van der Waals surface area contributed by atoms with Crippen molar-refractivity contribution in [2.75, 3.05) is 6.54 Å². The zero-order valence-corrected chi connectivity index (χ0v) is 10.7. The van der Waals surface area contributed by atoms with E-state index in [1.54, 1.807) is 0 Å². The van der Waals surface area contributed by atoms with Crippen molar-refractivity contribution in [3.63, 3.8) is 0 Å². The summed E-state index contributed by atoms with van der Waals surface area (Å²) in [7, 11) is 0. The lowest BCUT2D eigenvalue weighted by Crippen LogP contribution is -2.24. The third kappa shape index (κ3) is 2.06. The first-order chi connectivity index (χ1) is 8.88. The van der Waals surface area contributed by atoms with Crippen molar-refractivity contribution >= 4 is 0 Å². The molecule has 1 aliphatic heterocycles. The molecule has 2 aromatic rings. The maximum atomic E-state index is 4.46. The lowest BCUT2D eigenvalue weighted by Gasteiger charge is -2.23. The molecule has 0 aromatic carbocycles. The lowest BCUT2D eigenvalue weighted by atomic mass is 10.1. The fourth-order valence-corrected chi connectivity index (χ4v) is 2.78. The van der Waals surface area contributed by atoms with Crippen LogP contribution in [0.5, 0.6) is 0 Å². The van der Waals surface area contributed by atoms with Gasteiger partial charge in [0.15, 0.2) is 0 Å². The van der Waals surface area contributed by atoms with Gasteiger partial charge in [0.2, 0.25) is 0 Å². The number of H-pyrrole nitrogens is 1. The average Bonchev–Trinajstić information content (AvgIpc) is 3.09. The molecule has 1 saturated heterocycles. The third-order valence-electron chi connectivity index (χ3n) is 3.73. The van der Waals surface area contributed by atoms with Gasteiger partial charge in [-0.2, -0.15) is 5.10 Å². The van der Waals surface area contributed by atoms with Crippen LogP contribution in [0.4, 0.5) is 0 Å². The molecule has 2 aromatic heterocycles. The number of aromatic amines is 1. The molecule has 1 unspecified atom stereocenters. The van der Waals surface area contributed by atoms with Crippen molar-refractivity contribution < 1.29 is 0 Å². The van der Waals surface area contributed by atoms with Gasteiger partial charge in [-0.25, -0.2) is 4.98 Å². The Hall–Kier alpha value is -1.62. The summed E-state index contributed by atoms with van der Waals surface area (Å²) < 4.78 is 2.21. The predicted molar refractivity (Wildman–Crippen MR) is 68.9 cm³/mol. The number of hydrogen-bond acceptors (Lipinski definition) is 3. The second-order valence-corrected chi connectivity index (χ2v) is 4.77. The van der Waals surface area contributed by atoms with Crippen LogP contribution in [-0.4, -0.2) is 31.2 Å². The molecule has 0 aliphatic carbocycles. The van der Waals surface area contributed by atoms with E-state index in [9.17, 15) is 0 Å². The first kappa shape index (κ1) is 11.5. The molecule has 5 nitrogen and oxygen atoms in total. The van der Waals surface area contributed by atoms with E-state index in [0.29, 0.717) is 6.04 Å². The number of hydrogen-bond donors (Lipinski definition) is 1. The molecule has 0 saturated carbocycles. The van der Waals surface area contributed by atoms with E-state index in [2.05, 4.69) is 43.8 Å². The first-order valence-electron chi connectivity index (χ1n) is 6.62. The summed E-state index contributed by atoms with van der Waals surface area (Å²) in [5.74, 6) is 1.16. The zero-order valence-electron chi connectivity index (χ0n) is 10.7. The van der Waals surface area contributed by atoms with E-state index in [4.69, 9.17) is 0 Å². The maximum Gasteiger partial charge on any atom is 0.122 e. The molecule has 1 atom stereocenters. The zero-order chi connectivity index (χ0) is 12.4. The molecule has 3 rings (SSSR count). The van der Waals surface area contributed by atoms with E-state index >= 15 is 0 Å². The van der Waals surface area contributed by atoms with Crippen molar-refractivity contribution in [2.45, 2.75) is 38.9 Å². The number of nitrogens with one attached hydrogen (secondary N) is 1. The number of aryl methyl sites for hydroxylation is 1. The Balaban J connectivity index is 1.76. The Labute approximate surface area is 107 Å². The van der Waals surface area contributed by atoms with Crippen molar-refractivity contribution in [3.8, 4) is 0 Å². The Morgan fingerprint density at radius 1 is 1.44 bits per heavy atom. The van der Waals surface area contributed by atoms with E-state index in [1.807, 2.05) is 12.4 Å². The molecule has 18 heavy (non-hydrogen) atoms. The Morgan fingerprint density at radius 3 is 3.17 bits per heavy atom. The standard InChI is InChI=1S/C13H19N5/c1-2-17-9-7-14-13(17)10-18-8-3-4-12(18)11-5-6-15-16-11/h5-7,9,12H,2-4,8,10H2,1H3,(H,15,16). The topological polar surface area (TPSA) is 49.7 Å². The predicted octanol–water partition coefficient (Wildman–Crippen LogP) is 1.96. The van der Waals surface area contributed by atoms with E-state index < -0.39 is 0 Å². The molecule has 0 spiro atoms. The maximum absolute atomic E-state index is 4.46. The number of aromatic nitrogens is 4. The van der Waals surface area contributed by atoms with Crippen LogP contribution in [0.15, 0.2) is 24.7 Å². The number of imidazole rings is 1.